The highest BCUT2D eigenvalue weighted by Crippen LogP contribution is 2.31. The molecule has 0 heterocycles. The summed E-state index contributed by atoms with van der Waals surface area (Å²) in [7, 11) is -3.70. The van der Waals surface area contributed by atoms with Crippen LogP contribution < -0.4 is 5.73 Å². The van der Waals surface area contributed by atoms with Crippen molar-refractivity contribution in [3.63, 3.8) is 0 Å². The molecule has 1 rings (SSSR count). The molecule has 4 unspecified atom stereocenters. The minimum absolute atomic E-state index is 0.0105. The van der Waals surface area contributed by atoms with E-state index < -0.39 is 56.3 Å². The molecule has 0 aromatic rings. The second-order valence-electron chi connectivity index (χ2n) is 6.00. The molecule has 0 aromatic heterocycles. The third-order valence-electron chi connectivity index (χ3n) is 4.31. The van der Waals surface area contributed by atoms with Crippen LogP contribution in [0.25, 0.3) is 0 Å². The lowest BCUT2D eigenvalue weighted by molar-refractivity contribution is -0.577. The van der Waals surface area contributed by atoms with Crippen LogP contribution >= 0.6 is 11.6 Å². The molecule has 0 aliphatic heterocycles. The molecule has 1 saturated carbocycles. The maximum absolute atomic E-state index is 11.6. The van der Waals surface area contributed by atoms with Gasteiger partial charge in [-0.15, -0.1) is 11.6 Å². The van der Waals surface area contributed by atoms with E-state index in [-0.39, 0.29) is 32.0 Å². The van der Waals surface area contributed by atoms with Crippen molar-refractivity contribution in [2.75, 3.05) is 31.8 Å². The Kier molecular flexibility index (Phi) is 8.12. The molecule has 1 amide bonds. The fraction of sp³-hybridized carbons (Fsp3) is 0.917. The van der Waals surface area contributed by atoms with Crippen molar-refractivity contribution in [3.8, 4) is 0 Å². The number of primary amides is 1. The van der Waals surface area contributed by atoms with Gasteiger partial charge in [0.1, 0.15) is 5.92 Å². The average Bonchev–Trinajstić information content (AvgIpc) is 2.51. The predicted molar refractivity (Wildman–Crippen MR) is 90.4 cm³/mol. The van der Waals surface area contributed by atoms with E-state index in [1.54, 1.807) is 0 Å². The van der Waals surface area contributed by atoms with Gasteiger partial charge in [-0.25, -0.2) is 0 Å². The van der Waals surface area contributed by atoms with Gasteiger partial charge in [-0.3, -0.25) is 34.1 Å². The topological polar surface area (TPSA) is 176 Å². The Morgan fingerprint density at radius 3 is 2.23 bits per heavy atom. The number of nitrogens with zero attached hydrogens (tertiary/aromatic N) is 3. The molecule has 1 aliphatic carbocycles. The molecule has 0 aromatic carbocycles. The third kappa shape index (κ3) is 6.30. The first-order valence-electron chi connectivity index (χ1n) is 7.68. The number of carbonyl (C=O) groups is 1. The van der Waals surface area contributed by atoms with Crippen molar-refractivity contribution in [3.05, 3.63) is 20.2 Å². The monoisotopic (exact) mass is 416 g/mol. The zero-order chi connectivity index (χ0) is 20.1. The van der Waals surface area contributed by atoms with Crippen LogP contribution in [0.15, 0.2) is 0 Å². The fourth-order valence-electron chi connectivity index (χ4n) is 3.16. The lowest BCUT2D eigenvalue weighted by Crippen LogP contribution is -2.58. The van der Waals surface area contributed by atoms with Crippen molar-refractivity contribution < 1.29 is 27.2 Å². The van der Waals surface area contributed by atoms with Crippen molar-refractivity contribution in [2.24, 2.45) is 11.7 Å². The van der Waals surface area contributed by atoms with Crippen molar-refractivity contribution in [1.29, 1.82) is 0 Å². The Morgan fingerprint density at radius 1 is 1.23 bits per heavy atom. The number of hydrogen-bond acceptors (Lipinski definition) is 9. The van der Waals surface area contributed by atoms with E-state index in [4.69, 9.17) is 17.3 Å². The van der Waals surface area contributed by atoms with E-state index >= 15 is 0 Å². The molecule has 14 heteroatoms. The molecule has 150 valence electrons. The van der Waals surface area contributed by atoms with Crippen LogP contribution in [-0.4, -0.2) is 79.0 Å². The molecular formula is C12H21ClN4O8S. The van der Waals surface area contributed by atoms with Gasteiger partial charge in [-0.05, 0) is 6.42 Å². The average molecular weight is 417 g/mol. The number of nitrogens with two attached hydrogens (primary N) is 1. The molecule has 0 radical (unpaired) electrons. The highest BCUT2D eigenvalue weighted by atomic mass is 35.5. The van der Waals surface area contributed by atoms with Crippen LogP contribution in [0.1, 0.15) is 12.8 Å². The molecule has 0 spiro atoms. The van der Waals surface area contributed by atoms with Crippen molar-refractivity contribution in [2.45, 2.75) is 31.0 Å². The lowest BCUT2D eigenvalue weighted by atomic mass is 9.77. The molecule has 1 aliphatic rings. The van der Waals surface area contributed by atoms with Gasteiger partial charge >= 0.3 is 0 Å². The summed E-state index contributed by atoms with van der Waals surface area (Å²) in [4.78, 5) is 34.4. The fourth-order valence-corrected chi connectivity index (χ4v) is 3.75. The van der Waals surface area contributed by atoms with Crippen LogP contribution in [0.3, 0.4) is 0 Å². The molecule has 1 fully saturated rings. The second-order valence-corrected chi connectivity index (χ2v) is 8.03. The van der Waals surface area contributed by atoms with Crippen LogP contribution in [0.5, 0.6) is 0 Å². The third-order valence-corrected chi connectivity index (χ3v) is 5.07. The predicted octanol–water partition coefficient (Wildman–Crippen LogP) is -0.942. The van der Waals surface area contributed by atoms with Crippen molar-refractivity contribution >= 4 is 27.6 Å². The summed E-state index contributed by atoms with van der Waals surface area (Å²) < 4.78 is 26.8. The molecule has 4 atom stereocenters. The standard InChI is InChI=1S/C12H21ClN4O8S/c1-26(23,24)25-5-4-15(3-2-13)10-6-8(12(14)18)9(16(19)20)7-11(10)17(21)22/h8-11H,2-7H2,1H3,(H2,14,18). The van der Waals surface area contributed by atoms with E-state index in [2.05, 4.69) is 4.18 Å². The van der Waals surface area contributed by atoms with Crippen molar-refractivity contribution in [1.82, 2.24) is 4.90 Å². The van der Waals surface area contributed by atoms with Gasteiger partial charge in [-0.1, -0.05) is 0 Å². The number of rotatable bonds is 10. The van der Waals surface area contributed by atoms with E-state index in [0.717, 1.165) is 6.26 Å². The van der Waals surface area contributed by atoms with Gasteiger partial charge in [0.25, 0.3) is 10.1 Å². The van der Waals surface area contributed by atoms with Crippen LogP contribution in [-0.2, 0) is 19.1 Å². The van der Waals surface area contributed by atoms with Gasteiger partial charge < -0.3 is 5.73 Å². The molecule has 2 N–H and O–H groups in total. The maximum atomic E-state index is 11.6. The summed E-state index contributed by atoms with van der Waals surface area (Å²) in [5.74, 6) is -1.99. The highest BCUT2D eigenvalue weighted by molar-refractivity contribution is 7.85. The number of alkyl halides is 1. The molecular weight excluding hydrogens is 396 g/mol. The van der Waals surface area contributed by atoms with Crippen LogP contribution in [0.2, 0.25) is 0 Å². The Bertz CT molecular complexity index is 645. The maximum Gasteiger partial charge on any atom is 0.264 e. The van der Waals surface area contributed by atoms with Gasteiger partial charge in [0.05, 0.1) is 25.3 Å². The Morgan fingerprint density at radius 2 is 1.81 bits per heavy atom. The first-order valence-corrected chi connectivity index (χ1v) is 10.0. The van der Waals surface area contributed by atoms with Gasteiger partial charge in [0.2, 0.25) is 18.0 Å². The summed E-state index contributed by atoms with van der Waals surface area (Å²) in [6.07, 6.45) is 0.219. The van der Waals surface area contributed by atoms with E-state index in [0.29, 0.717) is 0 Å². The number of nitro groups is 2. The quantitative estimate of drug-likeness (QED) is 0.203. The summed E-state index contributed by atoms with van der Waals surface area (Å²) >= 11 is 5.72. The smallest absolute Gasteiger partial charge is 0.264 e. The summed E-state index contributed by atoms with van der Waals surface area (Å²) in [6, 6.07) is -3.62. The molecule has 12 nitrogen and oxygen atoms in total. The Labute approximate surface area is 155 Å². The molecule has 0 saturated heterocycles. The van der Waals surface area contributed by atoms with Gasteiger partial charge in [0.15, 0.2) is 0 Å². The summed E-state index contributed by atoms with van der Waals surface area (Å²) in [5, 5.41) is 22.6. The normalized spacial score (nSPS) is 26.6. The Balaban J connectivity index is 3.05. The number of carbonyl (C=O) groups excluding carboxylic acids is 1. The first kappa shape index (κ1) is 22.5. The Hall–Kier alpha value is -1.57. The number of amides is 1. The zero-order valence-corrected chi connectivity index (χ0v) is 15.6. The zero-order valence-electron chi connectivity index (χ0n) is 14.0. The second kappa shape index (κ2) is 9.39. The minimum Gasteiger partial charge on any atom is -0.369 e. The van der Waals surface area contributed by atoms with E-state index in [1.807, 2.05) is 0 Å². The SMILES string of the molecule is CS(=O)(=O)OCCN(CCCl)C1CC(C(N)=O)C([N+](=O)[O-])CC1[N+](=O)[O-]. The van der Waals surface area contributed by atoms with E-state index in [9.17, 15) is 33.4 Å². The van der Waals surface area contributed by atoms with Crippen LogP contribution in [0, 0.1) is 26.1 Å². The molecule has 0 bridgehead atoms. The summed E-state index contributed by atoms with van der Waals surface area (Å²) in [5.41, 5.74) is 5.25. The van der Waals surface area contributed by atoms with Gasteiger partial charge in [0, 0.05) is 28.8 Å². The number of halogens is 1. The van der Waals surface area contributed by atoms with Gasteiger partial charge in [-0.2, -0.15) is 8.42 Å². The minimum atomic E-state index is -3.70. The molecule has 26 heavy (non-hydrogen) atoms. The van der Waals surface area contributed by atoms with E-state index in [1.165, 1.54) is 4.90 Å². The summed E-state index contributed by atoms with van der Waals surface area (Å²) in [6.45, 7) is -0.127. The van der Waals surface area contributed by atoms with Crippen LogP contribution in [0.4, 0.5) is 0 Å². The highest BCUT2D eigenvalue weighted by Gasteiger charge is 2.52. The first-order chi connectivity index (χ1) is 12.0. The number of hydrogen-bond donors (Lipinski definition) is 1. The lowest BCUT2D eigenvalue weighted by Gasteiger charge is -2.38. The largest absolute Gasteiger partial charge is 0.369 e.